The highest BCUT2D eigenvalue weighted by Crippen LogP contribution is 2.51. The molecular formula is C96H118Cl2N4O14S2Si2. The Kier molecular flexibility index (Phi) is 27.9. The number of carboxylic acids is 2. The number of fused-ring (bicyclic) bond motifs is 6. The molecule has 8 aromatic carbocycles. The number of aryl methyl sites for hydroxylation is 2. The van der Waals surface area contributed by atoms with E-state index in [0.29, 0.717) is 86.6 Å². The number of hydrogen-bond donors (Lipinski definition) is 8. The van der Waals surface area contributed by atoms with Crippen molar-refractivity contribution in [1.29, 1.82) is 0 Å². The Labute approximate surface area is 721 Å². The summed E-state index contributed by atoms with van der Waals surface area (Å²) in [6.45, 7) is 15.6. The molecule has 0 unspecified atom stereocenters. The van der Waals surface area contributed by atoms with Crippen LogP contribution in [-0.4, -0.2) is 139 Å². The van der Waals surface area contributed by atoms with Crippen LogP contribution < -0.4 is 50.3 Å². The van der Waals surface area contributed by atoms with Gasteiger partial charge in [-0.25, -0.2) is 36.7 Å². The van der Waals surface area contributed by atoms with Crippen molar-refractivity contribution in [2.24, 2.45) is 57.6 Å². The van der Waals surface area contributed by atoms with Gasteiger partial charge >= 0.3 is 11.9 Å². The van der Waals surface area contributed by atoms with Gasteiger partial charge in [0.1, 0.15) is 11.5 Å². The van der Waals surface area contributed by atoms with E-state index >= 15 is 0 Å². The maximum Gasteiger partial charge on any atom is 0.335 e. The molecular weight excluding hydrogens is 1620 g/mol. The Hall–Kier alpha value is -7.95. The molecule has 0 bridgehead atoms. The van der Waals surface area contributed by atoms with Crippen LogP contribution in [0, 0.1) is 47.3 Å². The monoisotopic (exact) mass is 1740 g/mol. The second-order valence-corrected chi connectivity index (χ2v) is 48.7. The first-order valence-electron chi connectivity index (χ1n) is 42.5. The number of carboxylic acid groups (broad SMARTS) is 2. The number of benzene rings is 8. The number of nitrogens with two attached hydrogens (primary N) is 2. The molecule has 6 aliphatic rings. The maximum absolute atomic E-state index is 12.8. The number of halogens is 2. The van der Waals surface area contributed by atoms with E-state index in [0.717, 1.165) is 96.3 Å². The molecule has 2 aliphatic heterocycles. The summed E-state index contributed by atoms with van der Waals surface area (Å²) in [4.78, 5) is 54.5. The number of nitrogens with zero attached hydrogens (tertiary/aromatic N) is 2. The fraction of sp³-hybridized carbons (Fsp3) is 0.438. The molecule has 18 nitrogen and oxygen atoms in total. The SMILES string of the molecule is C[C@@H](CS(N)(=O)=O)[C@@H](/C=C/[C@H](O)[C@@H]1CC[C@H]1CN1C[C@@]2(CCCc3cc(Cl)ccc32)COc2ccc(C(=O)O)cc21)CCC(C)(C)[Si](O)(c1ccccc1)c1ccccc1.C[C@H](CS(N)(=O)=O)[C@H](/C=C/[C@H](O)[C@@H]1CC[C@H]1CN1C[C@@]2(CCCc3cc(Cl)ccc32)COc2ccc(C(=O)O)cc21)CCC(C)(C)[Si](O)(c1ccccc1)c1ccccc1. The van der Waals surface area contributed by atoms with Crippen LogP contribution in [0.4, 0.5) is 11.4 Å². The quantitative estimate of drug-likeness (QED) is 0.0153. The van der Waals surface area contributed by atoms with Gasteiger partial charge in [0.15, 0.2) is 0 Å². The Morgan fingerprint density at radius 3 is 1.16 bits per heavy atom. The minimum atomic E-state index is -3.77. The number of aliphatic hydroxyl groups is 2. The van der Waals surface area contributed by atoms with E-state index in [2.05, 4.69) is 61.8 Å². The molecule has 120 heavy (non-hydrogen) atoms. The summed E-state index contributed by atoms with van der Waals surface area (Å²) in [5, 5.41) is 58.8. The Morgan fingerprint density at radius 1 is 0.508 bits per heavy atom. The topological polar surface area (TPSA) is 301 Å². The molecule has 2 heterocycles. The first-order valence-corrected chi connectivity index (χ1v) is 50.6. The summed E-state index contributed by atoms with van der Waals surface area (Å²) in [6, 6.07) is 61.8. The number of allylic oxidation sites excluding steroid dienone is 2. The number of aliphatic hydroxyl groups excluding tert-OH is 2. The minimum absolute atomic E-state index is 0.0516. The number of sulfonamides is 2. The van der Waals surface area contributed by atoms with Gasteiger partial charge in [-0.15, -0.1) is 0 Å². The van der Waals surface area contributed by atoms with E-state index in [1.807, 2.05) is 172 Å². The number of ether oxygens (including phenoxy) is 2. The van der Waals surface area contributed by atoms with E-state index in [9.17, 15) is 56.4 Å². The Morgan fingerprint density at radius 2 is 0.850 bits per heavy atom. The van der Waals surface area contributed by atoms with Crippen LogP contribution in [0.1, 0.15) is 162 Å². The van der Waals surface area contributed by atoms with E-state index in [-0.39, 0.29) is 80.8 Å². The summed E-state index contributed by atoms with van der Waals surface area (Å²) in [7, 11) is -14.2. The number of hydrogen-bond acceptors (Lipinski definition) is 14. The predicted molar refractivity (Wildman–Crippen MR) is 485 cm³/mol. The molecule has 2 spiro atoms. The normalized spacial score (nSPS) is 22.2. The Balaban J connectivity index is 0.000000207. The standard InChI is InChI=1S/2C48H59ClN2O7SSi/c2*1-33(30-59(50,55)56)34(24-26-47(2,3)60(57,39-12-6-4-7-13-39)40-14-8-5-9-15-40)17-22-44(52)41-20-16-37(41)29-51-31-48(25-10-11-35-27-38(49)19-21-42(35)48)32-58-45-23-18-36(46(53)54)28-43(45)51/h2*4-9,12-15,17-19,21-23,27-28,33-34,37,41,44,52,57H,10-11,16,20,24-26,29-32H2,1-3H3,(H,53,54)(H2,50,55,56)/b2*22-17+/t33-,34-,37+,41-,44+,48+;33-,34-,37-,41+,44-,48-/m10/s1. The molecule has 0 saturated heterocycles. The van der Waals surface area contributed by atoms with Crippen molar-refractivity contribution in [3.05, 3.63) is 262 Å². The number of anilines is 2. The smallest absolute Gasteiger partial charge is 0.335 e. The van der Waals surface area contributed by atoms with Crippen LogP contribution in [0.3, 0.4) is 0 Å². The van der Waals surface area contributed by atoms with E-state index in [1.54, 1.807) is 36.4 Å². The van der Waals surface area contributed by atoms with Crippen LogP contribution in [0.15, 0.2) is 218 Å². The van der Waals surface area contributed by atoms with Gasteiger partial charge in [-0.2, -0.15) is 0 Å². The van der Waals surface area contributed by atoms with Gasteiger partial charge in [0.2, 0.25) is 20.0 Å². The lowest BCUT2D eigenvalue weighted by atomic mass is 9.68. The fourth-order valence-electron chi connectivity index (χ4n) is 20.6. The molecule has 2 fully saturated rings. The summed E-state index contributed by atoms with van der Waals surface area (Å²) in [5.74, 6) is -2.10. The van der Waals surface area contributed by atoms with Crippen LogP contribution in [0.2, 0.25) is 20.1 Å². The van der Waals surface area contributed by atoms with Gasteiger partial charge in [-0.3, -0.25) is 0 Å². The van der Waals surface area contributed by atoms with Crippen LogP contribution >= 0.6 is 23.2 Å². The average Bonchev–Trinajstić information content (AvgIpc) is 0.992. The maximum atomic E-state index is 12.8. The molecule has 24 heteroatoms. The van der Waals surface area contributed by atoms with Gasteiger partial charge < -0.3 is 49.3 Å². The van der Waals surface area contributed by atoms with Gasteiger partial charge in [0, 0.05) is 47.1 Å². The third-order valence-electron chi connectivity index (χ3n) is 27.8. The third-order valence-corrected chi connectivity index (χ3v) is 39.3. The second kappa shape index (κ2) is 37.2. The average molecular weight is 1740 g/mol. The highest BCUT2D eigenvalue weighted by Gasteiger charge is 2.53. The highest BCUT2D eigenvalue weighted by atomic mass is 35.5. The van der Waals surface area contributed by atoms with Crippen molar-refractivity contribution in [2.45, 2.75) is 165 Å². The number of rotatable bonds is 30. The molecule has 0 radical (unpaired) electrons. The van der Waals surface area contributed by atoms with Gasteiger partial charge in [0.25, 0.3) is 16.6 Å². The summed E-state index contributed by atoms with van der Waals surface area (Å²) in [6.07, 6.45) is 17.6. The number of carbonyl (C=O) groups is 2. The second-order valence-electron chi connectivity index (χ2n) is 36.6. The van der Waals surface area contributed by atoms with Crippen molar-refractivity contribution in [1.82, 2.24) is 0 Å². The lowest BCUT2D eigenvalue weighted by molar-refractivity contribution is 0.0451. The Bertz CT molecular complexity index is 4830. The zero-order valence-corrected chi connectivity index (χ0v) is 74.8. The van der Waals surface area contributed by atoms with Crippen LogP contribution in [0.25, 0.3) is 0 Å². The summed E-state index contributed by atoms with van der Waals surface area (Å²) < 4.78 is 62.7. The van der Waals surface area contributed by atoms with Crippen molar-refractivity contribution in [2.75, 3.05) is 60.7 Å². The third kappa shape index (κ3) is 20.0. The van der Waals surface area contributed by atoms with Crippen molar-refractivity contribution in [3.8, 4) is 11.5 Å². The zero-order chi connectivity index (χ0) is 85.7. The molecule has 10 N–H and O–H groups in total. The van der Waals surface area contributed by atoms with Gasteiger partial charge in [-0.1, -0.05) is 223 Å². The largest absolute Gasteiger partial charge is 0.490 e. The van der Waals surface area contributed by atoms with Crippen molar-refractivity contribution in [3.63, 3.8) is 0 Å². The fourth-order valence-corrected chi connectivity index (χ4v) is 30.4. The van der Waals surface area contributed by atoms with E-state index in [1.165, 1.54) is 22.3 Å². The van der Waals surface area contributed by atoms with Gasteiger partial charge in [0.05, 0.1) is 59.4 Å². The molecule has 0 amide bonds. The lowest BCUT2D eigenvalue weighted by Gasteiger charge is -2.45. The highest BCUT2D eigenvalue weighted by molar-refractivity contribution is 7.89. The predicted octanol–water partition coefficient (Wildman–Crippen LogP) is 14.6. The molecule has 2 saturated carbocycles. The van der Waals surface area contributed by atoms with Crippen molar-refractivity contribution >= 4 is 104 Å². The first-order chi connectivity index (χ1) is 57.0. The van der Waals surface area contributed by atoms with E-state index in [4.69, 9.17) is 43.0 Å². The van der Waals surface area contributed by atoms with Crippen molar-refractivity contribution < 1.29 is 65.9 Å². The molecule has 12 atom stereocenters. The summed E-state index contributed by atoms with van der Waals surface area (Å²) >= 11 is 12.9. The molecule has 8 aromatic rings. The lowest BCUT2D eigenvalue weighted by Crippen LogP contribution is -2.65. The van der Waals surface area contributed by atoms with Crippen LogP contribution in [-0.2, 0) is 43.7 Å². The first kappa shape index (κ1) is 89.8. The summed E-state index contributed by atoms with van der Waals surface area (Å²) in [5.41, 5.74) is 6.12. The molecule has 640 valence electrons. The number of aromatic carboxylic acids is 2. The molecule has 4 aliphatic carbocycles. The van der Waals surface area contributed by atoms with Crippen LogP contribution in [0.5, 0.6) is 11.5 Å². The van der Waals surface area contributed by atoms with Gasteiger partial charge in [-0.05, 0) is 251 Å². The zero-order valence-electron chi connectivity index (χ0n) is 69.7. The molecule has 14 rings (SSSR count). The number of primary sulfonamides is 2. The minimum Gasteiger partial charge on any atom is -0.490 e. The van der Waals surface area contributed by atoms with E-state index < -0.39 is 70.9 Å². The molecule has 0 aromatic heterocycles.